The number of rotatable bonds is 4. The van der Waals surface area contributed by atoms with Gasteiger partial charge in [-0.05, 0) is 89.4 Å². The number of anilines is 1. The Morgan fingerprint density at radius 1 is 0.886 bits per heavy atom. The summed E-state index contributed by atoms with van der Waals surface area (Å²) in [5, 5.41) is 8.34. The molecule has 4 aromatic rings. The molecule has 35 heavy (non-hydrogen) atoms. The summed E-state index contributed by atoms with van der Waals surface area (Å²) in [5.74, 6) is 0.431. The van der Waals surface area contributed by atoms with Crippen molar-refractivity contribution in [3.05, 3.63) is 96.6 Å². The molecule has 2 aliphatic rings. The van der Waals surface area contributed by atoms with Crippen LogP contribution in [0, 0.1) is 12.8 Å². The van der Waals surface area contributed by atoms with Gasteiger partial charge in [0.05, 0.1) is 6.61 Å². The highest BCUT2D eigenvalue weighted by Gasteiger charge is 2.42. The Labute approximate surface area is 206 Å². The number of hydrogen-bond acceptors (Lipinski definition) is 4. The first kappa shape index (κ1) is 22.3. The van der Waals surface area contributed by atoms with Gasteiger partial charge in [0.15, 0.2) is 0 Å². The number of aryl methyl sites for hydroxylation is 1. The van der Waals surface area contributed by atoms with Gasteiger partial charge in [-0.1, -0.05) is 72.8 Å². The average molecular weight is 466 g/mol. The van der Waals surface area contributed by atoms with Gasteiger partial charge in [-0.3, -0.25) is 0 Å². The lowest BCUT2D eigenvalue weighted by Crippen LogP contribution is -2.49. The predicted molar refractivity (Wildman–Crippen MR) is 142 cm³/mol. The van der Waals surface area contributed by atoms with Crippen molar-refractivity contribution in [3.63, 3.8) is 0 Å². The van der Waals surface area contributed by atoms with E-state index in [0.29, 0.717) is 12.5 Å². The van der Waals surface area contributed by atoms with Crippen molar-refractivity contribution in [2.75, 3.05) is 11.9 Å². The van der Waals surface area contributed by atoms with Crippen molar-refractivity contribution in [3.8, 4) is 0 Å². The third kappa shape index (κ3) is 4.45. The molecule has 1 saturated carbocycles. The Morgan fingerprint density at radius 2 is 1.60 bits per heavy atom. The number of nitrogens with one attached hydrogen (secondary N) is 1. The number of ether oxygens (including phenoxy) is 1. The normalized spacial score (nSPS) is 24.6. The van der Waals surface area contributed by atoms with E-state index < -0.39 is 6.41 Å². The molecule has 4 aromatic carbocycles. The van der Waals surface area contributed by atoms with Crippen LogP contribution in [0.4, 0.5) is 5.69 Å². The minimum Gasteiger partial charge on any atom is -0.335 e. The second kappa shape index (κ2) is 9.12. The van der Waals surface area contributed by atoms with Crippen LogP contribution >= 0.6 is 0 Å². The van der Waals surface area contributed by atoms with E-state index in [2.05, 4.69) is 85.5 Å². The van der Waals surface area contributed by atoms with Crippen molar-refractivity contribution in [1.82, 2.24) is 0 Å². The zero-order valence-corrected chi connectivity index (χ0v) is 20.1. The van der Waals surface area contributed by atoms with Crippen LogP contribution in [-0.2, 0) is 14.5 Å². The molecule has 1 heterocycles. The molecule has 1 saturated heterocycles. The van der Waals surface area contributed by atoms with Crippen LogP contribution in [0.3, 0.4) is 0 Å². The van der Waals surface area contributed by atoms with Crippen molar-refractivity contribution < 1.29 is 14.5 Å². The van der Waals surface area contributed by atoms with E-state index in [1.807, 2.05) is 12.1 Å². The number of fused-ring (bicyclic) bond motifs is 3. The summed E-state index contributed by atoms with van der Waals surface area (Å²) in [6.07, 6.45) is 3.21. The molecule has 6 rings (SSSR count). The van der Waals surface area contributed by atoms with Crippen LogP contribution < -0.4 is 5.32 Å². The summed E-state index contributed by atoms with van der Waals surface area (Å²) in [6.45, 7) is 7.11. The Kier molecular flexibility index (Phi) is 5.81. The number of benzene rings is 4. The second-order valence-corrected chi connectivity index (χ2v) is 10.0. The van der Waals surface area contributed by atoms with Gasteiger partial charge in [0.1, 0.15) is 5.60 Å². The minimum atomic E-state index is -0.594. The Bertz CT molecular complexity index is 1360. The van der Waals surface area contributed by atoms with E-state index in [4.69, 9.17) is 14.5 Å². The fourth-order valence-electron chi connectivity index (χ4n) is 5.43. The van der Waals surface area contributed by atoms with Gasteiger partial charge < -0.3 is 10.1 Å². The first-order valence-corrected chi connectivity index (χ1v) is 12.5. The molecule has 0 amide bonds. The summed E-state index contributed by atoms with van der Waals surface area (Å²) in [5.41, 5.74) is 4.23. The largest absolute Gasteiger partial charge is 0.335 e. The topological polar surface area (TPSA) is 39.7 Å². The molecule has 178 valence electrons. The van der Waals surface area contributed by atoms with Gasteiger partial charge in [-0.25, -0.2) is 4.89 Å². The molecule has 1 aliphatic carbocycles. The highest BCUT2D eigenvalue weighted by atomic mass is 17.2. The first-order chi connectivity index (χ1) is 17.1. The third-order valence-corrected chi connectivity index (χ3v) is 7.65. The molecular weight excluding hydrogens is 434 g/mol. The van der Waals surface area contributed by atoms with Crippen LogP contribution in [0.25, 0.3) is 27.1 Å². The molecule has 1 spiro atoms. The monoisotopic (exact) mass is 465 g/mol. The van der Waals surface area contributed by atoms with Crippen LogP contribution in [-0.4, -0.2) is 18.6 Å². The van der Waals surface area contributed by atoms with Gasteiger partial charge in [0, 0.05) is 5.69 Å². The van der Waals surface area contributed by atoms with Gasteiger partial charge in [0.25, 0.3) is 6.41 Å². The van der Waals surface area contributed by atoms with Gasteiger partial charge in [-0.15, -0.1) is 0 Å². The van der Waals surface area contributed by atoms with Crippen LogP contribution in [0.1, 0.15) is 36.8 Å². The molecule has 0 aromatic heterocycles. The van der Waals surface area contributed by atoms with Gasteiger partial charge in [-0.2, -0.15) is 4.89 Å². The maximum Gasteiger partial charge on any atom is 0.268 e. The van der Waals surface area contributed by atoms with Crippen molar-refractivity contribution in [2.24, 2.45) is 5.92 Å². The summed E-state index contributed by atoms with van der Waals surface area (Å²) in [4.78, 5) is 11.6. The molecule has 0 bridgehead atoms. The maximum atomic E-state index is 5.99. The third-order valence-electron chi connectivity index (χ3n) is 7.65. The lowest BCUT2D eigenvalue weighted by molar-refractivity contribution is -0.468. The maximum absolute atomic E-state index is 5.99. The predicted octanol–water partition coefficient (Wildman–Crippen LogP) is 7.62. The van der Waals surface area contributed by atoms with E-state index in [-0.39, 0.29) is 5.60 Å². The highest BCUT2D eigenvalue weighted by molar-refractivity contribution is 6.08. The lowest BCUT2D eigenvalue weighted by atomic mass is 9.75. The van der Waals surface area contributed by atoms with E-state index in [9.17, 15) is 0 Å². The minimum absolute atomic E-state index is 0.373. The van der Waals surface area contributed by atoms with Crippen molar-refractivity contribution in [2.45, 2.75) is 44.6 Å². The van der Waals surface area contributed by atoms with Gasteiger partial charge in [0.2, 0.25) is 0 Å². The second-order valence-electron chi connectivity index (χ2n) is 10.0. The summed E-state index contributed by atoms with van der Waals surface area (Å²) >= 11 is 0. The SMILES string of the molecule is C=C(c1ccc2ccc3ccccc3c2c1)C1CCC2(CC1)COC(Nc1ccc(C)cc1)OO2. The molecule has 1 N–H and O–H groups in total. The fraction of sp³-hybridized carbons (Fsp3) is 0.290. The van der Waals surface area contributed by atoms with Crippen molar-refractivity contribution >= 4 is 32.8 Å². The Hall–Kier alpha value is -3.18. The molecular formula is C31H31NO3. The molecule has 4 heteroatoms. The zero-order chi connectivity index (χ0) is 23.8. The quantitative estimate of drug-likeness (QED) is 0.249. The summed E-state index contributed by atoms with van der Waals surface area (Å²) in [6, 6.07) is 27.9. The standard InChI is InChI=1S/C31H31NO3/c1-21-7-13-27(14-8-21)32-30-33-20-31(35-34-30)17-15-23(16-18-31)22(2)26-12-11-25-10-9-24-5-3-4-6-28(24)29(25)19-26/h3-14,19,23,30,32H,2,15-18,20H2,1H3. The van der Waals surface area contributed by atoms with E-state index in [1.165, 1.54) is 38.2 Å². The fourth-order valence-corrected chi connectivity index (χ4v) is 5.43. The number of allylic oxidation sites excluding steroid dienone is 1. The molecule has 2 fully saturated rings. The molecule has 1 atom stereocenters. The van der Waals surface area contributed by atoms with Crippen LogP contribution in [0.2, 0.25) is 0 Å². The molecule has 4 nitrogen and oxygen atoms in total. The molecule has 1 unspecified atom stereocenters. The highest BCUT2D eigenvalue weighted by Crippen LogP contribution is 2.43. The Morgan fingerprint density at radius 3 is 2.34 bits per heavy atom. The van der Waals surface area contributed by atoms with E-state index in [1.54, 1.807) is 0 Å². The Balaban J connectivity index is 1.10. The van der Waals surface area contributed by atoms with Gasteiger partial charge >= 0.3 is 0 Å². The summed E-state index contributed by atoms with van der Waals surface area (Å²) in [7, 11) is 0. The lowest BCUT2D eigenvalue weighted by Gasteiger charge is -2.43. The summed E-state index contributed by atoms with van der Waals surface area (Å²) < 4.78 is 5.99. The average Bonchev–Trinajstić information content (AvgIpc) is 2.91. The van der Waals surface area contributed by atoms with Crippen LogP contribution in [0.5, 0.6) is 0 Å². The molecule has 0 radical (unpaired) electrons. The van der Waals surface area contributed by atoms with Crippen molar-refractivity contribution in [1.29, 1.82) is 0 Å². The van der Waals surface area contributed by atoms with E-state index in [0.717, 1.165) is 31.4 Å². The smallest absolute Gasteiger partial charge is 0.268 e. The first-order valence-electron chi connectivity index (χ1n) is 12.5. The van der Waals surface area contributed by atoms with E-state index >= 15 is 0 Å². The molecule has 1 aliphatic heterocycles. The zero-order valence-electron chi connectivity index (χ0n) is 20.1. The van der Waals surface area contributed by atoms with Crippen LogP contribution in [0.15, 0.2) is 85.4 Å². The number of hydrogen-bond donors (Lipinski definition) is 1.